The molecule has 4 aromatic rings. The molecule has 0 atom stereocenters. The summed E-state index contributed by atoms with van der Waals surface area (Å²) in [6.07, 6.45) is 5.73. The SMILES string of the molecule is Cc1ccn(-c2cc(NCc3c(C)cccc3C)c3nc(C)cn3c2)c(=O)c1. The Morgan fingerprint density at radius 2 is 1.75 bits per heavy atom. The summed E-state index contributed by atoms with van der Waals surface area (Å²) in [6, 6.07) is 11.9. The molecular weight excluding hydrogens is 348 g/mol. The van der Waals surface area contributed by atoms with Crippen LogP contribution in [0.1, 0.15) is 27.9 Å². The van der Waals surface area contributed by atoms with Gasteiger partial charge in [-0.15, -0.1) is 0 Å². The van der Waals surface area contributed by atoms with Gasteiger partial charge in [0.05, 0.1) is 17.1 Å². The highest BCUT2D eigenvalue weighted by molar-refractivity contribution is 5.71. The maximum Gasteiger partial charge on any atom is 0.255 e. The van der Waals surface area contributed by atoms with Crippen molar-refractivity contribution >= 4 is 11.3 Å². The van der Waals surface area contributed by atoms with Gasteiger partial charge in [0.15, 0.2) is 5.65 Å². The normalized spacial score (nSPS) is 11.1. The highest BCUT2D eigenvalue weighted by atomic mass is 16.1. The summed E-state index contributed by atoms with van der Waals surface area (Å²) < 4.78 is 3.63. The van der Waals surface area contributed by atoms with Gasteiger partial charge in [-0.05, 0) is 62.1 Å². The van der Waals surface area contributed by atoms with E-state index in [0.717, 1.165) is 28.3 Å². The minimum atomic E-state index is -0.0446. The van der Waals surface area contributed by atoms with E-state index in [2.05, 4.69) is 42.3 Å². The van der Waals surface area contributed by atoms with Crippen molar-refractivity contribution in [2.45, 2.75) is 34.2 Å². The lowest BCUT2D eigenvalue weighted by Crippen LogP contribution is -2.17. The average Bonchev–Trinajstić information content (AvgIpc) is 3.01. The predicted molar refractivity (Wildman–Crippen MR) is 114 cm³/mol. The molecule has 0 bridgehead atoms. The molecule has 4 rings (SSSR count). The molecular formula is C23H24N4O. The van der Waals surface area contributed by atoms with Crippen molar-refractivity contribution in [3.63, 3.8) is 0 Å². The average molecular weight is 372 g/mol. The van der Waals surface area contributed by atoms with Crippen LogP contribution in [0.2, 0.25) is 0 Å². The fraction of sp³-hybridized carbons (Fsp3) is 0.217. The quantitative estimate of drug-likeness (QED) is 0.580. The number of anilines is 1. The number of hydrogen-bond acceptors (Lipinski definition) is 3. The van der Waals surface area contributed by atoms with Gasteiger partial charge >= 0.3 is 0 Å². The number of hydrogen-bond donors (Lipinski definition) is 1. The lowest BCUT2D eigenvalue weighted by Gasteiger charge is -2.14. The zero-order chi connectivity index (χ0) is 19.8. The lowest BCUT2D eigenvalue weighted by atomic mass is 10.0. The Morgan fingerprint density at radius 3 is 2.46 bits per heavy atom. The first-order valence-corrected chi connectivity index (χ1v) is 9.40. The summed E-state index contributed by atoms with van der Waals surface area (Å²) >= 11 is 0. The topological polar surface area (TPSA) is 51.3 Å². The summed E-state index contributed by atoms with van der Waals surface area (Å²) in [7, 11) is 0. The van der Waals surface area contributed by atoms with Crippen LogP contribution in [0.4, 0.5) is 5.69 Å². The Kier molecular flexibility index (Phi) is 4.51. The number of nitrogens with one attached hydrogen (secondary N) is 1. The summed E-state index contributed by atoms with van der Waals surface area (Å²) in [5, 5.41) is 3.54. The van der Waals surface area contributed by atoms with Crippen molar-refractivity contribution in [1.82, 2.24) is 14.0 Å². The first kappa shape index (κ1) is 18.0. The Labute approximate surface area is 164 Å². The van der Waals surface area contributed by atoms with E-state index in [4.69, 9.17) is 0 Å². The minimum Gasteiger partial charge on any atom is -0.378 e. The third kappa shape index (κ3) is 3.31. The van der Waals surface area contributed by atoms with Gasteiger partial charge in [0.25, 0.3) is 5.56 Å². The molecule has 0 saturated heterocycles. The van der Waals surface area contributed by atoms with E-state index in [1.54, 1.807) is 10.6 Å². The van der Waals surface area contributed by atoms with E-state index in [9.17, 15) is 4.79 Å². The third-order valence-corrected chi connectivity index (χ3v) is 5.11. The van der Waals surface area contributed by atoms with Crippen LogP contribution in [0.25, 0.3) is 11.3 Å². The summed E-state index contributed by atoms with van der Waals surface area (Å²) in [6.45, 7) is 8.85. The van der Waals surface area contributed by atoms with Crippen molar-refractivity contribution in [3.05, 3.63) is 93.3 Å². The van der Waals surface area contributed by atoms with Crippen molar-refractivity contribution in [2.75, 3.05) is 5.32 Å². The van der Waals surface area contributed by atoms with Crippen LogP contribution in [-0.4, -0.2) is 14.0 Å². The van der Waals surface area contributed by atoms with Crippen molar-refractivity contribution in [1.29, 1.82) is 0 Å². The maximum atomic E-state index is 12.5. The number of nitrogens with zero attached hydrogens (tertiary/aromatic N) is 3. The van der Waals surface area contributed by atoms with Crippen LogP contribution in [0.15, 0.2) is 59.8 Å². The molecule has 0 amide bonds. The number of aryl methyl sites for hydroxylation is 4. The van der Waals surface area contributed by atoms with E-state index in [1.807, 2.05) is 49.0 Å². The molecule has 0 aliphatic carbocycles. The van der Waals surface area contributed by atoms with Crippen LogP contribution in [-0.2, 0) is 6.54 Å². The number of imidazole rings is 1. The van der Waals surface area contributed by atoms with Gasteiger partial charge in [-0.25, -0.2) is 4.98 Å². The van der Waals surface area contributed by atoms with Crippen LogP contribution in [0.5, 0.6) is 0 Å². The molecule has 0 unspecified atom stereocenters. The van der Waals surface area contributed by atoms with Crippen molar-refractivity contribution < 1.29 is 0 Å². The van der Waals surface area contributed by atoms with E-state index < -0.39 is 0 Å². The fourth-order valence-corrected chi connectivity index (χ4v) is 3.57. The van der Waals surface area contributed by atoms with Crippen LogP contribution < -0.4 is 10.9 Å². The van der Waals surface area contributed by atoms with E-state index in [0.29, 0.717) is 6.54 Å². The highest BCUT2D eigenvalue weighted by Crippen LogP contribution is 2.23. The van der Waals surface area contributed by atoms with Crippen molar-refractivity contribution in [3.8, 4) is 5.69 Å². The molecule has 3 heterocycles. The first-order chi connectivity index (χ1) is 13.4. The smallest absolute Gasteiger partial charge is 0.255 e. The second-order valence-electron chi connectivity index (χ2n) is 7.36. The molecule has 142 valence electrons. The van der Waals surface area contributed by atoms with Gasteiger partial charge in [0, 0.05) is 31.2 Å². The summed E-state index contributed by atoms with van der Waals surface area (Å²) in [4.78, 5) is 17.1. The number of rotatable bonds is 4. The molecule has 1 N–H and O–H groups in total. The minimum absolute atomic E-state index is 0.0446. The molecule has 5 nitrogen and oxygen atoms in total. The van der Waals surface area contributed by atoms with Crippen LogP contribution >= 0.6 is 0 Å². The maximum absolute atomic E-state index is 12.5. The van der Waals surface area contributed by atoms with Crippen LogP contribution in [0.3, 0.4) is 0 Å². The molecule has 0 saturated carbocycles. The van der Waals surface area contributed by atoms with E-state index in [1.165, 1.54) is 16.7 Å². The molecule has 0 fully saturated rings. The number of fused-ring (bicyclic) bond motifs is 1. The third-order valence-electron chi connectivity index (χ3n) is 5.11. The second kappa shape index (κ2) is 7.00. The molecule has 0 aliphatic rings. The van der Waals surface area contributed by atoms with Crippen LogP contribution in [0, 0.1) is 27.7 Å². The monoisotopic (exact) mass is 372 g/mol. The molecule has 0 spiro atoms. The molecule has 5 heteroatoms. The Balaban J connectivity index is 1.79. The summed E-state index contributed by atoms with van der Waals surface area (Å²) in [5.74, 6) is 0. The number of benzene rings is 1. The van der Waals surface area contributed by atoms with E-state index >= 15 is 0 Å². The summed E-state index contributed by atoms with van der Waals surface area (Å²) in [5.41, 5.74) is 8.20. The molecule has 28 heavy (non-hydrogen) atoms. The Morgan fingerprint density at radius 1 is 1.00 bits per heavy atom. The molecule has 0 aliphatic heterocycles. The molecule has 3 aromatic heterocycles. The number of aromatic nitrogens is 3. The lowest BCUT2D eigenvalue weighted by molar-refractivity contribution is 0.961. The second-order valence-corrected chi connectivity index (χ2v) is 7.36. The van der Waals surface area contributed by atoms with Gasteiger partial charge in [-0.1, -0.05) is 18.2 Å². The Bertz CT molecular complexity index is 1210. The molecule has 0 radical (unpaired) electrons. The fourth-order valence-electron chi connectivity index (χ4n) is 3.57. The van der Waals surface area contributed by atoms with Gasteiger partial charge < -0.3 is 9.72 Å². The van der Waals surface area contributed by atoms with Crippen molar-refractivity contribution in [2.24, 2.45) is 0 Å². The zero-order valence-corrected chi connectivity index (χ0v) is 16.7. The largest absolute Gasteiger partial charge is 0.378 e. The van der Waals surface area contributed by atoms with E-state index in [-0.39, 0.29) is 5.56 Å². The van der Waals surface area contributed by atoms with Gasteiger partial charge in [-0.3, -0.25) is 9.36 Å². The number of pyridine rings is 2. The first-order valence-electron chi connectivity index (χ1n) is 9.40. The predicted octanol–water partition coefficient (Wildman–Crippen LogP) is 4.33. The zero-order valence-electron chi connectivity index (χ0n) is 16.7. The highest BCUT2D eigenvalue weighted by Gasteiger charge is 2.11. The van der Waals surface area contributed by atoms with Gasteiger partial charge in [0.1, 0.15) is 0 Å². The van der Waals surface area contributed by atoms with Gasteiger partial charge in [-0.2, -0.15) is 0 Å². The van der Waals surface area contributed by atoms with Gasteiger partial charge in [0.2, 0.25) is 0 Å². The molecule has 1 aromatic carbocycles. The standard InChI is InChI=1S/C23H24N4O/c1-15-8-9-27(22(28)10-15)19-11-21(23-25-18(4)13-26(23)14-19)24-12-20-16(2)6-5-7-17(20)3/h5-11,13-14,24H,12H2,1-4H3. The Hall–Kier alpha value is -3.34.